The molecule has 0 atom stereocenters. The van der Waals surface area contributed by atoms with Gasteiger partial charge >= 0.3 is 0 Å². The molecule has 1 aliphatic rings. The minimum absolute atomic E-state index is 0.000957. The molecule has 1 heterocycles. The number of H-pyrrole nitrogens is 1. The summed E-state index contributed by atoms with van der Waals surface area (Å²) in [4.78, 5) is 19.5. The monoisotopic (exact) mass is 269 g/mol. The molecule has 104 valence electrons. The number of aromatic nitrogens is 2. The van der Waals surface area contributed by atoms with Gasteiger partial charge in [0.1, 0.15) is 0 Å². The van der Waals surface area contributed by atoms with Gasteiger partial charge in [-0.15, -0.1) is 0 Å². The molecule has 0 saturated carbocycles. The van der Waals surface area contributed by atoms with Crippen LogP contribution in [0.15, 0.2) is 23.0 Å². The van der Waals surface area contributed by atoms with Crippen molar-refractivity contribution in [3.05, 3.63) is 50.9 Å². The SMILES string of the molecule is Cc1ccc(Nc2nc3c(c(=O)[nH]2)CCCC3)cc1C. The number of anilines is 2. The second-order valence-corrected chi connectivity index (χ2v) is 5.47. The number of rotatable bonds is 2. The number of nitrogens with zero attached hydrogens (tertiary/aromatic N) is 1. The van der Waals surface area contributed by atoms with Crippen LogP contribution in [0.5, 0.6) is 0 Å². The molecule has 2 aromatic rings. The smallest absolute Gasteiger partial charge is 0.255 e. The van der Waals surface area contributed by atoms with Crippen molar-refractivity contribution in [2.75, 3.05) is 5.32 Å². The molecule has 4 heteroatoms. The first-order valence-electron chi connectivity index (χ1n) is 7.10. The number of aryl methyl sites for hydroxylation is 3. The molecule has 1 aromatic heterocycles. The van der Waals surface area contributed by atoms with Crippen LogP contribution in [0.25, 0.3) is 0 Å². The standard InChI is InChI=1S/C16H19N3O/c1-10-7-8-12(9-11(10)2)17-16-18-14-6-4-3-5-13(14)15(20)19-16/h7-9H,3-6H2,1-2H3,(H2,17,18,19,20). The van der Waals surface area contributed by atoms with Crippen molar-refractivity contribution in [1.82, 2.24) is 9.97 Å². The number of benzene rings is 1. The zero-order valence-corrected chi connectivity index (χ0v) is 11.9. The van der Waals surface area contributed by atoms with Crippen LogP contribution in [0.1, 0.15) is 35.2 Å². The second-order valence-electron chi connectivity index (χ2n) is 5.47. The van der Waals surface area contributed by atoms with E-state index in [0.717, 1.165) is 42.6 Å². The lowest BCUT2D eigenvalue weighted by Crippen LogP contribution is -2.22. The molecule has 0 bridgehead atoms. The Balaban J connectivity index is 1.93. The minimum atomic E-state index is 0.000957. The predicted molar refractivity (Wildman–Crippen MR) is 80.7 cm³/mol. The van der Waals surface area contributed by atoms with Crippen molar-refractivity contribution >= 4 is 11.6 Å². The topological polar surface area (TPSA) is 57.8 Å². The molecule has 0 spiro atoms. The average molecular weight is 269 g/mol. The first-order chi connectivity index (χ1) is 9.63. The summed E-state index contributed by atoms with van der Waals surface area (Å²) in [5.41, 5.74) is 5.24. The average Bonchev–Trinajstić information content (AvgIpc) is 2.43. The van der Waals surface area contributed by atoms with Crippen LogP contribution in [-0.2, 0) is 12.8 Å². The maximum absolute atomic E-state index is 12.1. The predicted octanol–water partition coefficient (Wildman–Crippen LogP) is 3.01. The number of hydrogen-bond acceptors (Lipinski definition) is 3. The third-order valence-corrected chi connectivity index (χ3v) is 3.96. The van der Waals surface area contributed by atoms with E-state index < -0.39 is 0 Å². The highest BCUT2D eigenvalue weighted by Gasteiger charge is 2.15. The van der Waals surface area contributed by atoms with E-state index in [4.69, 9.17) is 0 Å². The van der Waals surface area contributed by atoms with Gasteiger partial charge in [-0.2, -0.15) is 0 Å². The number of fused-ring (bicyclic) bond motifs is 1. The highest BCUT2D eigenvalue weighted by Crippen LogP contribution is 2.20. The molecule has 0 unspecified atom stereocenters. The summed E-state index contributed by atoms with van der Waals surface area (Å²) in [5.74, 6) is 0.541. The normalized spacial score (nSPS) is 13.9. The van der Waals surface area contributed by atoms with E-state index >= 15 is 0 Å². The van der Waals surface area contributed by atoms with Crippen LogP contribution in [0.2, 0.25) is 0 Å². The molecule has 0 aliphatic heterocycles. The van der Waals surface area contributed by atoms with Gasteiger partial charge in [-0.3, -0.25) is 9.78 Å². The molecule has 2 N–H and O–H groups in total. The van der Waals surface area contributed by atoms with E-state index in [-0.39, 0.29) is 5.56 Å². The van der Waals surface area contributed by atoms with E-state index in [0.29, 0.717) is 5.95 Å². The molecule has 20 heavy (non-hydrogen) atoms. The third kappa shape index (κ3) is 2.46. The van der Waals surface area contributed by atoms with Crippen LogP contribution in [0, 0.1) is 13.8 Å². The molecule has 1 aromatic carbocycles. The van der Waals surface area contributed by atoms with Gasteiger partial charge in [-0.1, -0.05) is 6.07 Å². The second kappa shape index (κ2) is 5.12. The van der Waals surface area contributed by atoms with Crippen LogP contribution < -0.4 is 10.9 Å². The summed E-state index contributed by atoms with van der Waals surface area (Å²) in [5, 5.41) is 3.20. The Labute approximate surface area is 118 Å². The van der Waals surface area contributed by atoms with Crippen molar-refractivity contribution in [2.24, 2.45) is 0 Å². The van der Waals surface area contributed by atoms with Gasteiger partial charge in [0.25, 0.3) is 5.56 Å². The van der Waals surface area contributed by atoms with Gasteiger partial charge < -0.3 is 5.32 Å². The lowest BCUT2D eigenvalue weighted by molar-refractivity contribution is 0.658. The maximum Gasteiger partial charge on any atom is 0.255 e. The zero-order chi connectivity index (χ0) is 14.1. The highest BCUT2D eigenvalue weighted by atomic mass is 16.1. The summed E-state index contributed by atoms with van der Waals surface area (Å²) < 4.78 is 0. The molecule has 0 radical (unpaired) electrons. The third-order valence-electron chi connectivity index (χ3n) is 3.96. The Morgan fingerprint density at radius 1 is 1.15 bits per heavy atom. The van der Waals surface area contributed by atoms with Gasteiger partial charge in [0.05, 0.1) is 5.69 Å². The molecular formula is C16H19N3O. The molecule has 3 rings (SSSR count). The summed E-state index contributed by atoms with van der Waals surface area (Å²) in [6.45, 7) is 4.15. The molecule has 1 aliphatic carbocycles. The largest absolute Gasteiger partial charge is 0.326 e. The van der Waals surface area contributed by atoms with Crippen molar-refractivity contribution in [1.29, 1.82) is 0 Å². The summed E-state index contributed by atoms with van der Waals surface area (Å²) in [7, 11) is 0. The van der Waals surface area contributed by atoms with Crippen LogP contribution in [0.3, 0.4) is 0 Å². The van der Waals surface area contributed by atoms with Gasteiger partial charge in [0, 0.05) is 11.3 Å². The Morgan fingerprint density at radius 2 is 1.95 bits per heavy atom. The van der Waals surface area contributed by atoms with E-state index in [2.05, 4.69) is 41.3 Å². The molecule has 0 fully saturated rings. The van der Waals surface area contributed by atoms with Gasteiger partial charge in [-0.25, -0.2) is 4.98 Å². The fourth-order valence-electron chi connectivity index (χ4n) is 2.62. The Morgan fingerprint density at radius 3 is 2.75 bits per heavy atom. The Bertz CT molecular complexity index is 703. The van der Waals surface area contributed by atoms with E-state index in [9.17, 15) is 4.79 Å². The highest BCUT2D eigenvalue weighted by molar-refractivity contribution is 5.55. The Hall–Kier alpha value is -2.10. The lowest BCUT2D eigenvalue weighted by Gasteiger charge is -2.15. The molecular weight excluding hydrogens is 250 g/mol. The van der Waals surface area contributed by atoms with Crippen molar-refractivity contribution in [2.45, 2.75) is 39.5 Å². The van der Waals surface area contributed by atoms with Gasteiger partial charge in [0.15, 0.2) is 0 Å². The number of nitrogens with one attached hydrogen (secondary N) is 2. The van der Waals surface area contributed by atoms with Gasteiger partial charge in [-0.05, 0) is 62.8 Å². The van der Waals surface area contributed by atoms with Crippen molar-refractivity contribution in [3.8, 4) is 0 Å². The summed E-state index contributed by atoms with van der Waals surface area (Å²) >= 11 is 0. The summed E-state index contributed by atoms with van der Waals surface area (Å²) in [6.07, 6.45) is 3.96. The van der Waals surface area contributed by atoms with Crippen LogP contribution in [0.4, 0.5) is 11.6 Å². The van der Waals surface area contributed by atoms with Gasteiger partial charge in [0.2, 0.25) is 5.95 Å². The Kier molecular flexibility index (Phi) is 3.30. The molecule has 0 saturated heterocycles. The van der Waals surface area contributed by atoms with Crippen LogP contribution in [-0.4, -0.2) is 9.97 Å². The molecule has 0 amide bonds. The van der Waals surface area contributed by atoms with E-state index in [1.807, 2.05) is 6.07 Å². The van der Waals surface area contributed by atoms with Crippen molar-refractivity contribution in [3.63, 3.8) is 0 Å². The lowest BCUT2D eigenvalue weighted by atomic mass is 9.97. The fraction of sp³-hybridized carbons (Fsp3) is 0.375. The number of aromatic amines is 1. The zero-order valence-electron chi connectivity index (χ0n) is 11.9. The quantitative estimate of drug-likeness (QED) is 0.881. The first-order valence-corrected chi connectivity index (χ1v) is 7.10. The summed E-state index contributed by atoms with van der Waals surface area (Å²) in [6, 6.07) is 6.13. The molecule has 4 nitrogen and oxygen atoms in total. The minimum Gasteiger partial charge on any atom is -0.326 e. The fourth-order valence-corrected chi connectivity index (χ4v) is 2.62. The van der Waals surface area contributed by atoms with E-state index in [1.165, 1.54) is 11.1 Å². The first kappa shape index (κ1) is 12.9. The number of hydrogen-bond donors (Lipinski definition) is 2. The van der Waals surface area contributed by atoms with Crippen molar-refractivity contribution < 1.29 is 0 Å². The van der Waals surface area contributed by atoms with E-state index in [1.54, 1.807) is 0 Å². The maximum atomic E-state index is 12.1. The van der Waals surface area contributed by atoms with Crippen LogP contribution >= 0.6 is 0 Å².